The van der Waals surface area contributed by atoms with Crippen LogP contribution >= 0.6 is 0 Å². The Kier molecular flexibility index (Phi) is 5.60. The largest absolute Gasteiger partial charge is 0.338 e. The zero-order valence-corrected chi connectivity index (χ0v) is 16.9. The second-order valence-corrected chi connectivity index (χ2v) is 8.21. The molecule has 0 amide bonds. The van der Waals surface area contributed by atoms with Crippen LogP contribution in [-0.2, 0) is 16.6 Å². The first-order chi connectivity index (χ1) is 14.9. The number of aromatic nitrogens is 4. The van der Waals surface area contributed by atoms with Gasteiger partial charge in [0.15, 0.2) is 11.6 Å². The average Bonchev–Trinajstić information content (AvgIpc) is 3.25. The number of nitrogens with one attached hydrogen (secondary N) is 2. The van der Waals surface area contributed by atoms with Crippen LogP contribution in [0.1, 0.15) is 5.56 Å². The van der Waals surface area contributed by atoms with Gasteiger partial charge in [0.2, 0.25) is 16.0 Å². The lowest BCUT2D eigenvalue weighted by Crippen LogP contribution is -2.12. The van der Waals surface area contributed by atoms with Gasteiger partial charge in [-0.05, 0) is 35.9 Å². The number of benzene rings is 2. The highest BCUT2D eigenvalue weighted by atomic mass is 32.2. The summed E-state index contributed by atoms with van der Waals surface area (Å²) in [7, 11) is -3.85. The number of nitrogens with zero attached hydrogens (tertiary/aromatic N) is 4. The molecule has 0 spiro atoms. The fraction of sp³-hybridized carbons (Fsp3) is 0.0500. The zero-order valence-electron chi connectivity index (χ0n) is 16.1. The first-order valence-corrected chi connectivity index (χ1v) is 10.7. The van der Waals surface area contributed by atoms with Crippen LogP contribution in [0.5, 0.6) is 0 Å². The van der Waals surface area contributed by atoms with Gasteiger partial charge in [-0.15, -0.1) is 0 Å². The smallest absolute Gasteiger partial charge is 0.238 e. The van der Waals surface area contributed by atoms with E-state index < -0.39 is 15.8 Å². The molecule has 0 radical (unpaired) electrons. The number of hydrogen-bond donors (Lipinski definition) is 3. The third-order valence-corrected chi connectivity index (χ3v) is 5.21. The molecule has 0 saturated heterocycles. The van der Waals surface area contributed by atoms with Gasteiger partial charge in [-0.1, -0.05) is 18.2 Å². The molecule has 4 aromatic rings. The predicted molar refractivity (Wildman–Crippen MR) is 114 cm³/mol. The Morgan fingerprint density at radius 2 is 1.87 bits per heavy atom. The topological polar surface area (TPSA) is 128 Å². The minimum absolute atomic E-state index is 0.0255. The summed E-state index contributed by atoms with van der Waals surface area (Å²) in [5.74, 6) is -0.569. The molecule has 0 aliphatic rings. The first-order valence-electron chi connectivity index (χ1n) is 9.11. The molecule has 0 unspecified atom stereocenters. The van der Waals surface area contributed by atoms with E-state index in [4.69, 9.17) is 5.14 Å². The normalized spacial score (nSPS) is 11.3. The summed E-state index contributed by atoms with van der Waals surface area (Å²) in [6, 6.07) is 13.3. The Hall–Kier alpha value is -3.83. The van der Waals surface area contributed by atoms with Crippen molar-refractivity contribution < 1.29 is 12.8 Å². The Morgan fingerprint density at radius 1 is 1.06 bits per heavy atom. The van der Waals surface area contributed by atoms with Gasteiger partial charge in [0.05, 0.1) is 17.4 Å². The number of nitrogens with two attached hydrogens (primary N) is 1. The van der Waals surface area contributed by atoms with Crippen LogP contribution in [0.2, 0.25) is 0 Å². The van der Waals surface area contributed by atoms with Gasteiger partial charge in [-0.2, -0.15) is 4.98 Å². The number of sulfonamides is 1. The second kappa shape index (κ2) is 8.50. The lowest BCUT2D eigenvalue weighted by atomic mass is 10.2. The fourth-order valence-corrected chi connectivity index (χ4v) is 3.38. The maximum Gasteiger partial charge on any atom is 0.238 e. The van der Waals surface area contributed by atoms with Crippen LogP contribution < -0.4 is 15.8 Å². The second-order valence-electron chi connectivity index (χ2n) is 6.64. The van der Waals surface area contributed by atoms with Crippen molar-refractivity contribution in [2.45, 2.75) is 11.4 Å². The molecule has 9 nitrogen and oxygen atoms in total. The van der Waals surface area contributed by atoms with E-state index in [0.717, 1.165) is 11.8 Å². The molecule has 0 fully saturated rings. The van der Waals surface area contributed by atoms with Crippen LogP contribution in [0.25, 0.3) is 0 Å². The average molecular weight is 439 g/mol. The molecule has 31 heavy (non-hydrogen) atoms. The highest BCUT2D eigenvalue weighted by Crippen LogP contribution is 2.22. The molecule has 0 atom stereocenters. The van der Waals surface area contributed by atoms with E-state index in [0.29, 0.717) is 17.9 Å². The van der Waals surface area contributed by atoms with Crippen molar-refractivity contribution in [3.63, 3.8) is 0 Å². The van der Waals surface area contributed by atoms with Crippen LogP contribution in [0.15, 0.2) is 78.3 Å². The van der Waals surface area contributed by atoms with E-state index in [9.17, 15) is 12.8 Å². The molecule has 158 valence electrons. The number of hydrogen-bond acceptors (Lipinski definition) is 7. The summed E-state index contributed by atoms with van der Waals surface area (Å²) in [6.45, 7) is 0.674. The number of primary sulfonamides is 1. The SMILES string of the molecule is NS(=O)(=O)c1cccc(Nc2ncc(F)c(Nc3ccc(Cn4ccnc4)cc3)n2)c1. The van der Waals surface area contributed by atoms with Crippen molar-refractivity contribution in [3.8, 4) is 0 Å². The van der Waals surface area contributed by atoms with E-state index in [1.807, 2.05) is 35.0 Å². The van der Waals surface area contributed by atoms with Gasteiger partial charge in [-0.3, -0.25) is 0 Å². The Morgan fingerprint density at radius 3 is 2.58 bits per heavy atom. The van der Waals surface area contributed by atoms with Crippen molar-refractivity contribution in [2.24, 2.45) is 5.14 Å². The van der Waals surface area contributed by atoms with Crippen LogP contribution in [0.4, 0.5) is 27.5 Å². The van der Waals surface area contributed by atoms with Crippen molar-refractivity contribution in [1.29, 1.82) is 0 Å². The molecule has 4 N–H and O–H groups in total. The fourth-order valence-electron chi connectivity index (χ4n) is 2.82. The molecular formula is C20H18FN7O2S. The molecular weight excluding hydrogens is 421 g/mol. The summed E-state index contributed by atoms with van der Waals surface area (Å²) < 4.78 is 39.2. The molecule has 2 aromatic carbocycles. The van der Waals surface area contributed by atoms with E-state index in [-0.39, 0.29) is 16.7 Å². The number of anilines is 4. The van der Waals surface area contributed by atoms with Gasteiger partial charge in [0.25, 0.3) is 0 Å². The minimum Gasteiger partial charge on any atom is -0.338 e. The molecule has 0 bridgehead atoms. The number of imidazole rings is 1. The van der Waals surface area contributed by atoms with Gasteiger partial charge >= 0.3 is 0 Å². The van der Waals surface area contributed by atoms with Gasteiger partial charge < -0.3 is 15.2 Å². The lowest BCUT2D eigenvalue weighted by molar-refractivity contribution is 0.598. The van der Waals surface area contributed by atoms with Gasteiger partial charge in [-0.25, -0.2) is 27.9 Å². The van der Waals surface area contributed by atoms with Crippen molar-refractivity contribution in [1.82, 2.24) is 19.5 Å². The molecule has 11 heteroatoms. The summed E-state index contributed by atoms with van der Waals surface area (Å²) in [5, 5.41) is 10.9. The van der Waals surface area contributed by atoms with E-state index in [2.05, 4.69) is 25.6 Å². The third-order valence-electron chi connectivity index (χ3n) is 4.30. The van der Waals surface area contributed by atoms with Gasteiger partial charge in [0.1, 0.15) is 0 Å². The van der Waals surface area contributed by atoms with Crippen molar-refractivity contribution in [2.75, 3.05) is 10.6 Å². The number of rotatable bonds is 7. The maximum absolute atomic E-state index is 14.2. The van der Waals surface area contributed by atoms with Crippen LogP contribution in [0.3, 0.4) is 0 Å². The quantitative estimate of drug-likeness (QED) is 0.404. The van der Waals surface area contributed by atoms with E-state index in [1.165, 1.54) is 18.2 Å². The highest BCUT2D eigenvalue weighted by molar-refractivity contribution is 7.89. The van der Waals surface area contributed by atoms with Crippen molar-refractivity contribution in [3.05, 3.63) is 84.8 Å². The summed E-state index contributed by atoms with van der Waals surface area (Å²) in [5.41, 5.74) is 2.10. The molecule has 4 rings (SSSR count). The van der Waals surface area contributed by atoms with E-state index in [1.54, 1.807) is 18.6 Å². The first kappa shape index (κ1) is 20.4. The molecule has 0 saturated carbocycles. The van der Waals surface area contributed by atoms with Crippen molar-refractivity contribution >= 4 is 33.2 Å². The lowest BCUT2D eigenvalue weighted by Gasteiger charge is -2.11. The Labute approximate surface area is 177 Å². The Bertz CT molecular complexity index is 1290. The molecule has 2 aromatic heterocycles. The summed E-state index contributed by atoms with van der Waals surface area (Å²) in [4.78, 5) is 12.0. The minimum atomic E-state index is -3.85. The van der Waals surface area contributed by atoms with Crippen LogP contribution in [0, 0.1) is 5.82 Å². The Balaban J connectivity index is 1.49. The van der Waals surface area contributed by atoms with Crippen LogP contribution in [-0.4, -0.2) is 27.9 Å². The van der Waals surface area contributed by atoms with E-state index >= 15 is 0 Å². The predicted octanol–water partition coefficient (Wildman–Crippen LogP) is 3.00. The standard InChI is InChI=1S/C20H18FN7O2S/c21-18-11-24-20(26-16-2-1-3-17(10-16)31(22,29)30)27-19(18)25-15-6-4-14(5-7-15)12-28-9-8-23-13-28/h1-11,13H,12H2,(H2,22,29,30)(H2,24,25,26,27). The summed E-state index contributed by atoms with van der Waals surface area (Å²) >= 11 is 0. The molecule has 2 heterocycles. The monoisotopic (exact) mass is 439 g/mol. The number of halogens is 1. The van der Waals surface area contributed by atoms with Gasteiger partial charge in [0, 0.05) is 30.3 Å². The highest BCUT2D eigenvalue weighted by Gasteiger charge is 2.11. The molecule has 0 aliphatic carbocycles. The zero-order chi connectivity index (χ0) is 21.8. The molecule has 0 aliphatic heterocycles. The third kappa shape index (κ3) is 5.21. The summed E-state index contributed by atoms with van der Waals surface area (Å²) in [6.07, 6.45) is 6.34. The maximum atomic E-state index is 14.2.